The van der Waals surface area contributed by atoms with Gasteiger partial charge in [-0.15, -0.1) is 0 Å². The molecule has 12 heavy (non-hydrogen) atoms. The SMILES string of the molecule is CC(=O)/C=C(\O)C(F)(F)C(F)F. The van der Waals surface area contributed by atoms with Gasteiger partial charge in [-0.25, -0.2) is 8.78 Å². The molecule has 0 aliphatic carbocycles. The van der Waals surface area contributed by atoms with Crippen molar-refractivity contribution >= 4 is 5.78 Å². The molecule has 0 rings (SSSR count). The lowest BCUT2D eigenvalue weighted by Crippen LogP contribution is -2.29. The van der Waals surface area contributed by atoms with Crippen molar-refractivity contribution < 1.29 is 27.5 Å². The fourth-order valence-electron chi connectivity index (χ4n) is 0.401. The lowest BCUT2D eigenvalue weighted by atomic mass is 10.2. The highest BCUT2D eigenvalue weighted by Crippen LogP contribution is 2.29. The van der Waals surface area contributed by atoms with Crippen LogP contribution in [0.1, 0.15) is 6.92 Å². The second kappa shape index (κ2) is 3.55. The number of halogens is 4. The van der Waals surface area contributed by atoms with Crippen LogP contribution in [0, 0.1) is 0 Å². The van der Waals surface area contributed by atoms with Crippen molar-refractivity contribution in [1.82, 2.24) is 0 Å². The predicted molar refractivity (Wildman–Crippen MR) is 32.3 cm³/mol. The number of allylic oxidation sites excluding steroid dienone is 2. The number of rotatable bonds is 3. The zero-order valence-electron chi connectivity index (χ0n) is 6.02. The van der Waals surface area contributed by atoms with Crippen molar-refractivity contribution in [3.63, 3.8) is 0 Å². The Balaban J connectivity index is 4.67. The van der Waals surface area contributed by atoms with Gasteiger partial charge in [-0.2, -0.15) is 8.78 Å². The summed E-state index contributed by atoms with van der Waals surface area (Å²) in [4.78, 5) is 10.1. The van der Waals surface area contributed by atoms with Crippen molar-refractivity contribution in [2.24, 2.45) is 0 Å². The van der Waals surface area contributed by atoms with Crippen molar-refractivity contribution in [3.8, 4) is 0 Å². The highest BCUT2D eigenvalue weighted by atomic mass is 19.3. The van der Waals surface area contributed by atoms with Crippen molar-refractivity contribution in [2.45, 2.75) is 19.3 Å². The maximum Gasteiger partial charge on any atom is 0.363 e. The molecule has 0 atom stereocenters. The molecule has 0 aromatic heterocycles. The Morgan fingerprint density at radius 3 is 2.17 bits per heavy atom. The van der Waals surface area contributed by atoms with E-state index >= 15 is 0 Å². The first-order chi connectivity index (χ1) is 5.28. The minimum absolute atomic E-state index is 0.0617. The van der Waals surface area contributed by atoms with Crippen LogP contribution in [0.3, 0.4) is 0 Å². The van der Waals surface area contributed by atoms with Gasteiger partial charge in [0.1, 0.15) is 0 Å². The summed E-state index contributed by atoms with van der Waals surface area (Å²) < 4.78 is 47.1. The third kappa shape index (κ3) is 2.52. The maximum atomic E-state index is 12.1. The normalized spacial score (nSPS) is 13.7. The van der Waals surface area contributed by atoms with Crippen LogP contribution in [0.25, 0.3) is 0 Å². The fraction of sp³-hybridized carbons (Fsp3) is 0.500. The molecule has 0 aliphatic rings. The molecule has 6 heteroatoms. The zero-order valence-corrected chi connectivity index (χ0v) is 6.02. The fourth-order valence-corrected chi connectivity index (χ4v) is 0.401. The molecule has 0 aliphatic heterocycles. The Kier molecular flexibility index (Phi) is 3.24. The zero-order chi connectivity index (χ0) is 9.94. The number of hydrogen-bond acceptors (Lipinski definition) is 2. The number of aliphatic hydroxyl groups is 1. The molecule has 70 valence electrons. The Hall–Kier alpha value is -1.07. The van der Waals surface area contributed by atoms with E-state index in [0.717, 1.165) is 6.92 Å². The Morgan fingerprint density at radius 2 is 1.92 bits per heavy atom. The van der Waals surface area contributed by atoms with E-state index in [9.17, 15) is 22.4 Å². The number of hydrogen-bond donors (Lipinski definition) is 1. The van der Waals surface area contributed by atoms with Crippen LogP contribution < -0.4 is 0 Å². The van der Waals surface area contributed by atoms with Crippen LogP contribution in [0.15, 0.2) is 11.8 Å². The lowest BCUT2D eigenvalue weighted by Gasteiger charge is -2.13. The first-order valence-corrected chi connectivity index (χ1v) is 2.86. The second-order valence-electron chi connectivity index (χ2n) is 2.06. The van der Waals surface area contributed by atoms with Gasteiger partial charge in [-0.3, -0.25) is 4.79 Å². The molecular formula is C6H6F4O2. The summed E-state index contributed by atoms with van der Waals surface area (Å²) in [6.07, 6.45) is -3.96. The van der Waals surface area contributed by atoms with Crippen LogP contribution in [0.4, 0.5) is 17.6 Å². The molecule has 0 bridgehead atoms. The third-order valence-electron chi connectivity index (χ3n) is 0.956. The molecule has 0 saturated heterocycles. The first-order valence-electron chi connectivity index (χ1n) is 2.86. The Labute approximate surface area is 65.5 Å². The van der Waals surface area contributed by atoms with E-state index in [1.165, 1.54) is 0 Å². The van der Waals surface area contributed by atoms with Crippen LogP contribution in [0.5, 0.6) is 0 Å². The Bertz CT molecular complexity index is 210. The summed E-state index contributed by atoms with van der Waals surface area (Å²) in [7, 11) is 0. The molecular weight excluding hydrogens is 180 g/mol. The van der Waals surface area contributed by atoms with Crippen LogP contribution in [-0.2, 0) is 4.79 Å². The van der Waals surface area contributed by atoms with Gasteiger partial charge in [0.15, 0.2) is 11.5 Å². The molecule has 2 nitrogen and oxygen atoms in total. The summed E-state index contributed by atoms with van der Waals surface area (Å²) in [6.45, 7) is 0.859. The minimum Gasteiger partial charge on any atom is -0.506 e. The number of alkyl halides is 4. The van der Waals surface area contributed by atoms with Gasteiger partial charge in [-0.1, -0.05) is 0 Å². The van der Waals surface area contributed by atoms with E-state index < -0.39 is 23.9 Å². The molecule has 0 heterocycles. The monoisotopic (exact) mass is 186 g/mol. The summed E-state index contributed by atoms with van der Waals surface area (Å²) in [5.41, 5.74) is 0. The maximum absolute atomic E-state index is 12.1. The quantitative estimate of drug-likeness (QED) is 0.415. The van der Waals surface area contributed by atoms with Gasteiger partial charge in [-0.05, 0) is 6.92 Å². The summed E-state index contributed by atoms with van der Waals surface area (Å²) >= 11 is 0. The molecule has 0 radical (unpaired) electrons. The highest BCUT2D eigenvalue weighted by molar-refractivity contribution is 5.87. The van der Waals surface area contributed by atoms with Gasteiger partial charge in [0, 0.05) is 6.08 Å². The van der Waals surface area contributed by atoms with Gasteiger partial charge >= 0.3 is 12.3 Å². The lowest BCUT2D eigenvalue weighted by molar-refractivity contribution is -0.124. The molecule has 0 fully saturated rings. The average Bonchev–Trinajstić information content (AvgIpc) is 1.85. The van der Waals surface area contributed by atoms with E-state index in [0.29, 0.717) is 0 Å². The molecule has 1 N–H and O–H groups in total. The van der Waals surface area contributed by atoms with E-state index in [1.807, 2.05) is 0 Å². The predicted octanol–water partition coefficient (Wildman–Crippen LogP) is 1.92. The van der Waals surface area contributed by atoms with Crippen molar-refractivity contribution in [3.05, 3.63) is 11.8 Å². The third-order valence-corrected chi connectivity index (χ3v) is 0.956. The largest absolute Gasteiger partial charge is 0.506 e. The molecule has 0 saturated carbocycles. The molecule has 0 spiro atoms. The molecule has 0 amide bonds. The number of aliphatic hydroxyl groups excluding tert-OH is 1. The number of carbonyl (C=O) groups is 1. The molecule has 0 aromatic rings. The van der Waals surface area contributed by atoms with Crippen molar-refractivity contribution in [1.29, 1.82) is 0 Å². The molecule has 0 aromatic carbocycles. The summed E-state index contributed by atoms with van der Waals surface area (Å²) in [5, 5.41) is 8.33. The van der Waals surface area contributed by atoms with E-state index in [1.54, 1.807) is 0 Å². The Morgan fingerprint density at radius 1 is 1.50 bits per heavy atom. The van der Waals surface area contributed by atoms with Crippen LogP contribution in [0.2, 0.25) is 0 Å². The van der Waals surface area contributed by atoms with Crippen LogP contribution in [-0.4, -0.2) is 23.2 Å². The van der Waals surface area contributed by atoms with E-state index in [-0.39, 0.29) is 6.08 Å². The minimum atomic E-state index is -4.65. The second-order valence-corrected chi connectivity index (χ2v) is 2.06. The van der Waals surface area contributed by atoms with E-state index in [2.05, 4.69) is 0 Å². The standard InChI is InChI=1S/C6H6F4O2/c1-3(11)2-4(12)6(9,10)5(7)8/h2,5,12H,1H3/b4-2-. The number of ketones is 1. The molecule has 0 unspecified atom stereocenters. The highest BCUT2D eigenvalue weighted by Gasteiger charge is 2.45. The van der Waals surface area contributed by atoms with Gasteiger partial charge < -0.3 is 5.11 Å². The topological polar surface area (TPSA) is 37.3 Å². The summed E-state index contributed by atoms with van der Waals surface area (Å²) in [5.74, 6) is -7.48. The summed E-state index contributed by atoms with van der Waals surface area (Å²) in [6, 6.07) is 0. The van der Waals surface area contributed by atoms with Crippen molar-refractivity contribution in [2.75, 3.05) is 0 Å². The van der Waals surface area contributed by atoms with Gasteiger partial charge in [0.05, 0.1) is 0 Å². The number of carbonyl (C=O) groups excluding carboxylic acids is 1. The van der Waals surface area contributed by atoms with Gasteiger partial charge in [0.2, 0.25) is 0 Å². The van der Waals surface area contributed by atoms with E-state index in [4.69, 9.17) is 5.11 Å². The average molecular weight is 186 g/mol. The van der Waals surface area contributed by atoms with Gasteiger partial charge in [0.25, 0.3) is 0 Å². The smallest absolute Gasteiger partial charge is 0.363 e. The first kappa shape index (κ1) is 10.9. The van der Waals surface area contributed by atoms with Crippen LogP contribution >= 0.6 is 0 Å².